The molecule has 1 saturated heterocycles. The lowest BCUT2D eigenvalue weighted by Gasteiger charge is -2.40. The third kappa shape index (κ3) is 3.31. The summed E-state index contributed by atoms with van der Waals surface area (Å²) in [5.74, 6) is -0.0154. The van der Waals surface area contributed by atoms with E-state index < -0.39 is 27.4 Å². The molecule has 1 aliphatic carbocycles. The predicted molar refractivity (Wildman–Crippen MR) is 86.3 cm³/mol. The fourth-order valence-corrected chi connectivity index (χ4v) is 5.71. The Morgan fingerprint density at radius 2 is 1.88 bits per heavy atom. The number of aliphatic hydroxyl groups is 1. The largest absolute Gasteiger partial charge is 0.416 e. The van der Waals surface area contributed by atoms with E-state index >= 15 is 0 Å². The van der Waals surface area contributed by atoms with E-state index in [0.29, 0.717) is 19.4 Å². The maximum atomic E-state index is 12.8. The molecule has 0 amide bonds. The summed E-state index contributed by atoms with van der Waals surface area (Å²) in [5.41, 5.74) is -1.73. The summed E-state index contributed by atoms with van der Waals surface area (Å²) in [6.07, 6.45) is -1.53. The third-order valence-corrected chi connectivity index (χ3v) is 7.56. The molecule has 8 heteroatoms. The van der Waals surface area contributed by atoms with Crippen molar-refractivity contribution in [2.75, 3.05) is 13.1 Å². The van der Waals surface area contributed by atoms with Crippen LogP contribution in [0.2, 0.25) is 0 Å². The fourth-order valence-electron chi connectivity index (χ4n) is 4.19. The summed E-state index contributed by atoms with van der Waals surface area (Å²) < 4.78 is 64.9. The number of fused-ring (bicyclic) bond motifs is 1. The summed E-state index contributed by atoms with van der Waals surface area (Å²) in [4.78, 5) is -0.140. The number of hydrogen-bond donors (Lipinski definition) is 1. The van der Waals surface area contributed by atoms with E-state index in [1.165, 1.54) is 4.31 Å². The van der Waals surface area contributed by atoms with Crippen molar-refractivity contribution in [3.8, 4) is 0 Å². The van der Waals surface area contributed by atoms with Crippen LogP contribution in [0.4, 0.5) is 13.2 Å². The van der Waals surface area contributed by atoms with E-state index in [1.54, 1.807) is 0 Å². The van der Waals surface area contributed by atoms with Gasteiger partial charge in [-0.2, -0.15) is 17.5 Å². The Morgan fingerprint density at radius 1 is 1.24 bits per heavy atom. The average molecular weight is 377 g/mol. The van der Waals surface area contributed by atoms with Crippen molar-refractivity contribution in [3.05, 3.63) is 29.8 Å². The first-order valence-electron chi connectivity index (χ1n) is 8.48. The second-order valence-corrected chi connectivity index (χ2v) is 9.00. The Morgan fingerprint density at radius 3 is 2.44 bits per heavy atom. The smallest absolute Gasteiger partial charge is 0.390 e. The Bertz CT molecular complexity index is 733. The topological polar surface area (TPSA) is 57.6 Å². The van der Waals surface area contributed by atoms with Gasteiger partial charge in [0.05, 0.1) is 16.1 Å². The predicted octanol–water partition coefficient (Wildman–Crippen LogP) is 3.27. The standard InChI is InChI=1S/C17H22F3NO3S/c1-2-16(22)9-3-4-12-10-21(11-15(12)16)25(23,24)14-7-5-13(6-8-14)17(18,19)20/h5-8,12,15,22H,2-4,9-11H2,1H3/t12-,15+,16-/m1/s1. The minimum atomic E-state index is -4.50. The molecule has 3 rings (SSSR count). The molecule has 1 aliphatic heterocycles. The van der Waals surface area contributed by atoms with E-state index in [0.717, 1.165) is 37.1 Å². The first-order chi connectivity index (χ1) is 11.6. The first kappa shape index (κ1) is 18.7. The first-order valence-corrected chi connectivity index (χ1v) is 9.92. The summed E-state index contributed by atoms with van der Waals surface area (Å²) in [5, 5.41) is 10.8. The summed E-state index contributed by atoms with van der Waals surface area (Å²) in [6.45, 7) is 2.43. The lowest BCUT2D eigenvalue weighted by Crippen LogP contribution is -2.44. The molecule has 0 unspecified atom stereocenters. The second kappa shape index (κ2) is 6.25. The van der Waals surface area contributed by atoms with Gasteiger partial charge in [0, 0.05) is 19.0 Å². The lowest BCUT2D eigenvalue weighted by molar-refractivity contribution is -0.137. The summed E-state index contributed by atoms with van der Waals surface area (Å²) >= 11 is 0. The zero-order valence-electron chi connectivity index (χ0n) is 14.0. The van der Waals surface area contributed by atoms with Gasteiger partial charge in [-0.1, -0.05) is 13.3 Å². The van der Waals surface area contributed by atoms with Crippen molar-refractivity contribution in [2.24, 2.45) is 11.8 Å². The molecule has 0 radical (unpaired) electrons. The molecule has 1 N–H and O–H groups in total. The van der Waals surface area contributed by atoms with Crippen molar-refractivity contribution >= 4 is 10.0 Å². The number of halogens is 3. The van der Waals surface area contributed by atoms with Gasteiger partial charge in [0.15, 0.2) is 0 Å². The molecule has 2 aliphatic rings. The zero-order chi connectivity index (χ0) is 18.5. The Labute approximate surface area is 145 Å². The molecule has 3 atom stereocenters. The maximum Gasteiger partial charge on any atom is 0.416 e. The maximum absolute atomic E-state index is 12.8. The number of benzene rings is 1. The Hall–Kier alpha value is -1.12. The van der Waals surface area contributed by atoms with Gasteiger partial charge in [-0.3, -0.25) is 0 Å². The van der Waals surface area contributed by atoms with Gasteiger partial charge in [0.25, 0.3) is 0 Å². The number of alkyl halides is 3. The minimum absolute atomic E-state index is 0.0999. The quantitative estimate of drug-likeness (QED) is 0.880. The highest BCUT2D eigenvalue weighted by atomic mass is 32.2. The summed E-state index contributed by atoms with van der Waals surface area (Å²) in [7, 11) is -3.86. The second-order valence-electron chi connectivity index (χ2n) is 7.06. The van der Waals surface area contributed by atoms with Crippen LogP contribution in [0.3, 0.4) is 0 Å². The molecule has 0 aromatic heterocycles. The zero-order valence-corrected chi connectivity index (χ0v) is 14.8. The van der Waals surface area contributed by atoms with Crippen molar-refractivity contribution in [1.82, 2.24) is 4.31 Å². The van der Waals surface area contributed by atoms with Gasteiger partial charge in [-0.15, -0.1) is 0 Å². The van der Waals surface area contributed by atoms with Crippen LogP contribution in [0.25, 0.3) is 0 Å². The highest BCUT2D eigenvalue weighted by molar-refractivity contribution is 7.89. The van der Waals surface area contributed by atoms with Crippen molar-refractivity contribution in [1.29, 1.82) is 0 Å². The lowest BCUT2D eigenvalue weighted by atomic mass is 9.69. The fraction of sp³-hybridized carbons (Fsp3) is 0.647. The van der Waals surface area contributed by atoms with Crippen LogP contribution in [0.15, 0.2) is 29.2 Å². The van der Waals surface area contributed by atoms with Crippen LogP contribution in [0, 0.1) is 11.8 Å². The minimum Gasteiger partial charge on any atom is -0.390 e. The molecule has 25 heavy (non-hydrogen) atoms. The molecule has 2 fully saturated rings. The van der Waals surface area contributed by atoms with Crippen LogP contribution < -0.4 is 0 Å². The highest BCUT2D eigenvalue weighted by Gasteiger charge is 2.50. The molecule has 4 nitrogen and oxygen atoms in total. The van der Waals surface area contributed by atoms with Crippen molar-refractivity contribution in [2.45, 2.75) is 49.3 Å². The third-order valence-electron chi connectivity index (χ3n) is 5.71. The van der Waals surface area contributed by atoms with Crippen LogP contribution in [0.1, 0.15) is 38.2 Å². The molecule has 1 aromatic rings. The van der Waals surface area contributed by atoms with Crippen LogP contribution in [-0.4, -0.2) is 36.5 Å². The molecule has 140 valence electrons. The van der Waals surface area contributed by atoms with Gasteiger partial charge in [0.2, 0.25) is 10.0 Å². The molecule has 1 saturated carbocycles. The van der Waals surface area contributed by atoms with E-state index in [1.807, 2.05) is 6.92 Å². The monoisotopic (exact) mass is 377 g/mol. The molecular formula is C17H22F3NO3S. The van der Waals surface area contributed by atoms with Gasteiger partial charge >= 0.3 is 6.18 Å². The van der Waals surface area contributed by atoms with E-state index in [4.69, 9.17) is 0 Å². The van der Waals surface area contributed by atoms with Crippen LogP contribution >= 0.6 is 0 Å². The van der Waals surface area contributed by atoms with Gasteiger partial charge in [-0.05, 0) is 49.4 Å². The SMILES string of the molecule is CC[C@@]1(O)CCC[C@@H]2CN(S(=O)(=O)c3ccc(C(F)(F)F)cc3)C[C@@H]21. The average Bonchev–Trinajstić information content (AvgIpc) is 3.01. The number of sulfonamides is 1. The van der Waals surface area contributed by atoms with Crippen molar-refractivity contribution < 1.29 is 26.7 Å². The van der Waals surface area contributed by atoms with Gasteiger partial charge < -0.3 is 5.11 Å². The van der Waals surface area contributed by atoms with E-state index in [-0.39, 0.29) is 23.3 Å². The molecule has 0 bridgehead atoms. The Balaban J connectivity index is 1.84. The normalized spacial score (nSPS) is 31.1. The summed E-state index contributed by atoms with van der Waals surface area (Å²) in [6, 6.07) is 3.59. The van der Waals surface area contributed by atoms with Crippen LogP contribution in [-0.2, 0) is 16.2 Å². The Kier molecular flexibility index (Phi) is 4.66. The molecule has 1 heterocycles. The molecule has 1 aromatic carbocycles. The number of rotatable bonds is 3. The van der Waals surface area contributed by atoms with Crippen LogP contribution in [0.5, 0.6) is 0 Å². The van der Waals surface area contributed by atoms with E-state index in [2.05, 4.69) is 0 Å². The van der Waals surface area contributed by atoms with Gasteiger partial charge in [0.1, 0.15) is 0 Å². The highest BCUT2D eigenvalue weighted by Crippen LogP contribution is 2.45. The molecule has 0 spiro atoms. The number of hydrogen-bond acceptors (Lipinski definition) is 3. The molecular weight excluding hydrogens is 355 g/mol. The van der Waals surface area contributed by atoms with E-state index in [9.17, 15) is 26.7 Å². The van der Waals surface area contributed by atoms with Gasteiger partial charge in [-0.25, -0.2) is 8.42 Å². The van der Waals surface area contributed by atoms with Crippen molar-refractivity contribution in [3.63, 3.8) is 0 Å². The number of nitrogens with zero attached hydrogens (tertiary/aromatic N) is 1.